The number of hydrogen-bond donors (Lipinski definition) is 1. The zero-order chi connectivity index (χ0) is 18.6. The van der Waals surface area contributed by atoms with E-state index in [2.05, 4.69) is 10.3 Å². The summed E-state index contributed by atoms with van der Waals surface area (Å²) in [6.45, 7) is 1.64. The lowest BCUT2D eigenvalue weighted by Gasteiger charge is -2.36. The summed E-state index contributed by atoms with van der Waals surface area (Å²) in [4.78, 5) is 13.0. The Bertz CT molecular complexity index is 1100. The van der Waals surface area contributed by atoms with E-state index >= 15 is 0 Å². The van der Waals surface area contributed by atoms with Gasteiger partial charge in [-0.3, -0.25) is 4.79 Å². The highest BCUT2D eigenvalue weighted by Crippen LogP contribution is 2.54. The third-order valence-corrected chi connectivity index (χ3v) is 5.53. The molecule has 0 aromatic heterocycles. The van der Waals surface area contributed by atoms with Crippen molar-refractivity contribution in [2.75, 3.05) is 5.01 Å². The Morgan fingerprint density at radius 1 is 0.852 bits per heavy atom. The minimum atomic E-state index is -1.66. The number of carbonyl (C=O) groups excluding carboxylic acids is 1. The molecule has 2 unspecified atom stereocenters. The largest absolute Gasteiger partial charge is 0.363 e. The van der Waals surface area contributed by atoms with Gasteiger partial charge in [0.1, 0.15) is 0 Å². The molecule has 132 valence electrons. The molecule has 0 bridgehead atoms. The van der Waals surface area contributed by atoms with Crippen LogP contribution >= 0.6 is 0 Å². The van der Waals surface area contributed by atoms with E-state index in [0.29, 0.717) is 16.8 Å². The fourth-order valence-corrected chi connectivity index (χ4v) is 4.04. The van der Waals surface area contributed by atoms with Gasteiger partial charge in [0.2, 0.25) is 5.72 Å². The summed E-state index contributed by atoms with van der Waals surface area (Å²) in [6, 6.07) is 24.7. The number of para-hydroxylation sites is 1. The van der Waals surface area contributed by atoms with Crippen LogP contribution in [-0.4, -0.2) is 16.4 Å². The average Bonchev–Trinajstić information content (AvgIpc) is 3.09. The van der Waals surface area contributed by atoms with Crippen LogP contribution in [0.4, 0.5) is 5.69 Å². The summed E-state index contributed by atoms with van der Waals surface area (Å²) in [7, 11) is 0. The lowest BCUT2D eigenvalue weighted by atomic mass is 9.88. The van der Waals surface area contributed by atoms with Gasteiger partial charge in [0.15, 0.2) is 11.3 Å². The van der Waals surface area contributed by atoms with E-state index in [1.54, 1.807) is 25.1 Å². The van der Waals surface area contributed by atoms with E-state index in [0.717, 1.165) is 11.1 Å². The Kier molecular flexibility index (Phi) is 3.15. The van der Waals surface area contributed by atoms with Gasteiger partial charge in [-0.15, -0.1) is 0 Å². The highest BCUT2D eigenvalue weighted by Gasteiger charge is 2.68. The molecule has 5 rings (SSSR count). The molecule has 1 heterocycles. The number of anilines is 1. The summed E-state index contributed by atoms with van der Waals surface area (Å²) in [5, 5.41) is 21.8. The van der Waals surface area contributed by atoms with E-state index in [1.807, 2.05) is 60.7 Å². The maximum atomic E-state index is 13.0. The van der Waals surface area contributed by atoms with Crippen LogP contribution in [0.25, 0.3) is 11.1 Å². The van der Waals surface area contributed by atoms with Crippen molar-refractivity contribution >= 4 is 11.5 Å². The van der Waals surface area contributed by atoms with E-state index < -0.39 is 11.3 Å². The second-order valence-electron chi connectivity index (χ2n) is 7.00. The number of ketones is 1. The molecule has 3 aromatic carbocycles. The van der Waals surface area contributed by atoms with Crippen LogP contribution in [0.15, 0.2) is 89.2 Å². The van der Waals surface area contributed by atoms with Crippen molar-refractivity contribution in [3.63, 3.8) is 0 Å². The van der Waals surface area contributed by atoms with Gasteiger partial charge in [-0.25, -0.2) is 5.01 Å². The standard InChI is InChI=1S/C22H17N3O2/c1-21-20(26)17-12-5-7-13-18(17)22(21,27)25(24-23-21)19-14-8-6-11-16(19)15-9-3-2-4-10-15/h2-14,27H,1H3. The quantitative estimate of drug-likeness (QED) is 0.744. The molecule has 0 saturated carbocycles. The normalized spacial score (nSPS) is 25.6. The first-order chi connectivity index (χ1) is 13.1. The number of fused-ring (bicyclic) bond motifs is 3. The lowest BCUT2D eigenvalue weighted by molar-refractivity contribution is 0.000953. The zero-order valence-electron chi connectivity index (χ0n) is 14.7. The van der Waals surface area contributed by atoms with Crippen LogP contribution in [0.5, 0.6) is 0 Å². The fourth-order valence-electron chi connectivity index (χ4n) is 4.04. The monoisotopic (exact) mass is 355 g/mol. The molecule has 1 N–H and O–H groups in total. The predicted octanol–water partition coefficient (Wildman–Crippen LogP) is 4.34. The summed E-state index contributed by atoms with van der Waals surface area (Å²) in [5.74, 6) is -0.218. The highest BCUT2D eigenvalue weighted by atomic mass is 16.3. The minimum absolute atomic E-state index is 0.218. The Hall–Kier alpha value is -3.31. The summed E-state index contributed by atoms with van der Waals surface area (Å²) in [6.07, 6.45) is 0. The van der Waals surface area contributed by atoms with Crippen molar-refractivity contribution in [1.29, 1.82) is 0 Å². The first kappa shape index (κ1) is 15.9. The predicted molar refractivity (Wildman–Crippen MR) is 102 cm³/mol. The fraction of sp³-hybridized carbons (Fsp3) is 0.136. The molecule has 0 saturated heterocycles. The van der Waals surface area contributed by atoms with Gasteiger partial charge in [0.05, 0.1) is 5.69 Å². The molecular formula is C22H17N3O2. The molecule has 5 heteroatoms. The van der Waals surface area contributed by atoms with Crippen LogP contribution in [0.3, 0.4) is 0 Å². The second kappa shape index (κ2) is 5.34. The molecule has 3 aromatic rings. The van der Waals surface area contributed by atoms with Crippen LogP contribution in [0.2, 0.25) is 0 Å². The highest BCUT2D eigenvalue weighted by molar-refractivity contribution is 6.10. The Morgan fingerprint density at radius 2 is 1.48 bits per heavy atom. The molecule has 27 heavy (non-hydrogen) atoms. The molecule has 2 aliphatic rings. The molecule has 0 spiro atoms. The van der Waals surface area contributed by atoms with Gasteiger partial charge in [-0.1, -0.05) is 78.0 Å². The second-order valence-corrected chi connectivity index (χ2v) is 7.00. The topological polar surface area (TPSA) is 65.3 Å². The molecule has 1 aliphatic heterocycles. The summed E-state index contributed by atoms with van der Waals surface area (Å²) >= 11 is 0. The number of carbonyl (C=O) groups is 1. The van der Waals surface area contributed by atoms with Gasteiger partial charge in [-0.05, 0) is 18.6 Å². The minimum Gasteiger partial charge on any atom is -0.363 e. The van der Waals surface area contributed by atoms with Crippen molar-refractivity contribution in [1.82, 2.24) is 0 Å². The first-order valence-corrected chi connectivity index (χ1v) is 8.81. The number of nitrogens with zero attached hydrogens (tertiary/aromatic N) is 3. The van der Waals surface area contributed by atoms with Crippen molar-refractivity contribution in [2.24, 2.45) is 10.3 Å². The number of hydrogen-bond acceptors (Lipinski definition) is 5. The van der Waals surface area contributed by atoms with Crippen LogP contribution in [0, 0.1) is 0 Å². The molecule has 1 aliphatic carbocycles. The Morgan fingerprint density at radius 3 is 2.26 bits per heavy atom. The first-order valence-electron chi connectivity index (χ1n) is 8.81. The Labute approximate surface area is 156 Å². The average molecular weight is 355 g/mol. The van der Waals surface area contributed by atoms with Crippen LogP contribution in [-0.2, 0) is 5.72 Å². The van der Waals surface area contributed by atoms with Gasteiger partial charge in [0, 0.05) is 16.7 Å². The van der Waals surface area contributed by atoms with Crippen molar-refractivity contribution in [3.05, 3.63) is 90.0 Å². The molecule has 5 nitrogen and oxygen atoms in total. The van der Waals surface area contributed by atoms with Crippen molar-refractivity contribution < 1.29 is 9.90 Å². The SMILES string of the molecule is CC12N=NN(c3ccccc3-c3ccccc3)C1(O)c1ccccc1C2=O. The molecule has 0 fully saturated rings. The number of rotatable bonds is 2. The van der Waals surface area contributed by atoms with E-state index in [4.69, 9.17) is 0 Å². The molecular weight excluding hydrogens is 338 g/mol. The smallest absolute Gasteiger partial charge is 0.221 e. The van der Waals surface area contributed by atoms with E-state index in [-0.39, 0.29) is 5.78 Å². The van der Waals surface area contributed by atoms with E-state index in [9.17, 15) is 9.90 Å². The third-order valence-electron chi connectivity index (χ3n) is 5.53. The summed E-state index contributed by atoms with van der Waals surface area (Å²) < 4.78 is 0. The number of Topliss-reactive ketones (excluding diaryl/α,β-unsaturated/α-hetero) is 1. The van der Waals surface area contributed by atoms with Crippen molar-refractivity contribution in [3.8, 4) is 11.1 Å². The Balaban J connectivity index is 1.74. The van der Waals surface area contributed by atoms with Crippen molar-refractivity contribution in [2.45, 2.75) is 18.2 Å². The lowest BCUT2D eigenvalue weighted by Crippen LogP contribution is -2.53. The van der Waals surface area contributed by atoms with Gasteiger partial charge in [0.25, 0.3) is 0 Å². The molecule has 0 radical (unpaired) electrons. The summed E-state index contributed by atoms with van der Waals surface area (Å²) in [5.41, 5.74) is 0.591. The third kappa shape index (κ3) is 1.89. The maximum absolute atomic E-state index is 13.0. The zero-order valence-corrected chi connectivity index (χ0v) is 14.7. The van der Waals surface area contributed by atoms with Gasteiger partial charge >= 0.3 is 0 Å². The van der Waals surface area contributed by atoms with Crippen LogP contribution < -0.4 is 5.01 Å². The van der Waals surface area contributed by atoms with Crippen LogP contribution in [0.1, 0.15) is 22.8 Å². The maximum Gasteiger partial charge on any atom is 0.221 e. The van der Waals surface area contributed by atoms with Gasteiger partial charge < -0.3 is 5.11 Å². The van der Waals surface area contributed by atoms with E-state index in [1.165, 1.54) is 5.01 Å². The molecule has 2 atom stereocenters. The number of aliphatic hydroxyl groups is 1. The number of benzene rings is 3. The molecule has 0 amide bonds. The van der Waals surface area contributed by atoms with Gasteiger partial charge in [-0.2, -0.15) is 5.11 Å².